The van der Waals surface area contributed by atoms with Gasteiger partial charge in [0.2, 0.25) is 5.91 Å². The summed E-state index contributed by atoms with van der Waals surface area (Å²) in [5.41, 5.74) is 3.59. The molecule has 0 spiro atoms. The fourth-order valence-corrected chi connectivity index (χ4v) is 2.34. The second kappa shape index (κ2) is 6.62. The van der Waals surface area contributed by atoms with Gasteiger partial charge in [-0.05, 0) is 29.8 Å². The van der Waals surface area contributed by atoms with Crippen molar-refractivity contribution in [2.24, 2.45) is 0 Å². The summed E-state index contributed by atoms with van der Waals surface area (Å²) in [7, 11) is 0. The zero-order valence-corrected chi connectivity index (χ0v) is 13.3. The second-order valence-electron chi connectivity index (χ2n) is 5.19. The van der Waals surface area contributed by atoms with Crippen molar-refractivity contribution in [2.75, 3.05) is 5.32 Å². The topological polar surface area (TPSA) is 59.8 Å². The zero-order chi connectivity index (χ0) is 16.2. The molecule has 3 rings (SSSR count). The van der Waals surface area contributed by atoms with Crippen LogP contribution < -0.4 is 5.32 Å². The van der Waals surface area contributed by atoms with Gasteiger partial charge in [0.15, 0.2) is 0 Å². The van der Waals surface area contributed by atoms with Crippen molar-refractivity contribution in [3.05, 3.63) is 65.3 Å². The third kappa shape index (κ3) is 3.96. The van der Waals surface area contributed by atoms with Crippen LogP contribution in [0.1, 0.15) is 12.5 Å². The molecule has 3 aromatic rings. The Kier molecular flexibility index (Phi) is 4.39. The molecule has 0 aliphatic carbocycles. The maximum Gasteiger partial charge on any atom is 0.221 e. The second-order valence-corrected chi connectivity index (χ2v) is 5.62. The number of carbonyl (C=O) groups excluding carboxylic acids is 1. The zero-order valence-electron chi connectivity index (χ0n) is 12.5. The minimum absolute atomic E-state index is 0.0911. The number of anilines is 1. The van der Waals surface area contributed by atoms with Crippen molar-refractivity contribution >= 4 is 23.2 Å². The molecule has 2 aromatic carbocycles. The van der Waals surface area contributed by atoms with Crippen LogP contribution in [0, 0.1) is 0 Å². The molecule has 0 aliphatic heterocycles. The van der Waals surface area contributed by atoms with E-state index in [1.807, 2.05) is 54.7 Å². The fraction of sp³-hybridized carbons (Fsp3) is 0.118. The predicted molar refractivity (Wildman–Crippen MR) is 90.3 cm³/mol. The Morgan fingerprint density at radius 2 is 1.83 bits per heavy atom. The maximum atomic E-state index is 11.0. The number of hydrogen-bond acceptors (Lipinski definition) is 3. The van der Waals surface area contributed by atoms with E-state index in [0.29, 0.717) is 11.6 Å². The average molecular weight is 327 g/mol. The highest BCUT2D eigenvalue weighted by Gasteiger charge is 2.05. The molecule has 0 saturated carbocycles. The minimum Gasteiger partial charge on any atom is -0.326 e. The number of benzene rings is 2. The van der Waals surface area contributed by atoms with Crippen LogP contribution in [0.5, 0.6) is 0 Å². The van der Waals surface area contributed by atoms with E-state index in [0.717, 1.165) is 22.5 Å². The highest BCUT2D eigenvalue weighted by molar-refractivity contribution is 6.30. The summed E-state index contributed by atoms with van der Waals surface area (Å²) in [6.07, 6.45) is 1.89. The van der Waals surface area contributed by atoms with Crippen LogP contribution in [-0.2, 0) is 11.3 Å². The van der Waals surface area contributed by atoms with Crippen molar-refractivity contribution in [3.63, 3.8) is 0 Å². The van der Waals surface area contributed by atoms with Gasteiger partial charge in [0.25, 0.3) is 0 Å². The molecule has 6 heteroatoms. The number of carbonyl (C=O) groups is 1. The summed E-state index contributed by atoms with van der Waals surface area (Å²) >= 11 is 5.88. The molecule has 0 fully saturated rings. The van der Waals surface area contributed by atoms with Gasteiger partial charge in [-0.2, -0.15) is 0 Å². The van der Waals surface area contributed by atoms with Crippen molar-refractivity contribution in [3.8, 4) is 11.3 Å². The lowest BCUT2D eigenvalue weighted by Gasteiger charge is -2.02. The monoisotopic (exact) mass is 326 g/mol. The Labute approximate surface area is 138 Å². The number of nitrogens with one attached hydrogen (secondary N) is 1. The summed E-state index contributed by atoms with van der Waals surface area (Å²) < 4.78 is 1.78. The lowest BCUT2D eigenvalue weighted by molar-refractivity contribution is -0.114. The van der Waals surface area contributed by atoms with Crippen LogP contribution >= 0.6 is 11.6 Å². The van der Waals surface area contributed by atoms with Gasteiger partial charge in [0, 0.05) is 23.2 Å². The summed E-state index contributed by atoms with van der Waals surface area (Å²) in [5, 5.41) is 11.8. The van der Waals surface area contributed by atoms with Crippen molar-refractivity contribution in [1.29, 1.82) is 0 Å². The lowest BCUT2D eigenvalue weighted by Crippen LogP contribution is -2.05. The smallest absolute Gasteiger partial charge is 0.221 e. The summed E-state index contributed by atoms with van der Waals surface area (Å²) in [4.78, 5) is 11.0. The SMILES string of the molecule is CC(=O)Nc1ccc(-c2cn(Cc3ccc(Cl)cc3)nn2)cc1. The maximum absolute atomic E-state index is 11.0. The average Bonchev–Trinajstić information content (AvgIpc) is 2.98. The third-order valence-electron chi connectivity index (χ3n) is 3.30. The number of aromatic nitrogens is 3. The van der Waals surface area contributed by atoms with Crippen LogP contribution in [0.2, 0.25) is 5.02 Å². The van der Waals surface area contributed by atoms with E-state index >= 15 is 0 Å². The number of rotatable bonds is 4. The van der Waals surface area contributed by atoms with E-state index < -0.39 is 0 Å². The van der Waals surface area contributed by atoms with E-state index in [2.05, 4.69) is 15.6 Å². The Morgan fingerprint density at radius 1 is 1.13 bits per heavy atom. The van der Waals surface area contributed by atoms with Crippen LogP contribution in [0.4, 0.5) is 5.69 Å². The summed E-state index contributed by atoms with van der Waals surface area (Å²) in [6.45, 7) is 2.12. The minimum atomic E-state index is -0.0911. The Morgan fingerprint density at radius 3 is 2.48 bits per heavy atom. The highest BCUT2D eigenvalue weighted by atomic mass is 35.5. The number of nitrogens with zero attached hydrogens (tertiary/aromatic N) is 3. The molecule has 0 unspecified atom stereocenters. The van der Waals surface area contributed by atoms with Crippen LogP contribution in [0.25, 0.3) is 11.3 Å². The van der Waals surface area contributed by atoms with Gasteiger partial charge in [0.1, 0.15) is 5.69 Å². The van der Waals surface area contributed by atoms with Gasteiger partial charge in [-0.1, -0.05) is 41.1 Å². The first-order valence-corrected chi connectivity index (χ1v) is 7.50. The predicted octanol–water partition coefficient (Wildman–Crippen LogP) is 3.61. The molecule has 116 valence electrons. The Bertz CT molecular complexity index is 809. The molecule has 1 aromatic heterocycles. The molecule has 1 N–H and O–H groups in total. The first kappa shape index (κ1) is 15.2. The molecular weight excluding hydrogens is 312 g/mol. The third-order valence-corrected chi connectivity index (χ3v) is 3.55. The molecular formula is C17H15ClN4O. The van der Waals surface area contributed by atoms with E-state index in [4.69, 9.17) is 11.6 Å². The van der Waals surface area contributed by atoms with Gasteiger partial charge in [0.05, 0.1) is 12.7 Å². The molecule has 0 atom stereocenters. The first-order valence-electron chi connectivity index (χ1n) is 7.13. The van der Waals surface area contributed by atoms with Crippen molar-refractivity contribution < 1.29 is 4.79 Å². The van der Waals surface area contributed by atoms with E-state index in [-0.39, 0.29) is 5.91 Å². The molecule has 0 bridgehead atoms. The largest absolute Gasteiger partial charge is 0.326 e. The number of halogens is 1. The van der Waals surface area contributed by atoms with Gasteiger partial charge in [-0.3, -0.25) is 4.79 Å². The fourth-order valence-electron chi connectivity index (χ4n) is 2.21. The van der Waals surface area contributed by atoms with E-state index in [1.54, 1.807) is 4.68 Å². The highest BCUT2D eigenvalue weighted by Crippen LogP contribution is 2.19. The quantitative estimate of drug-likeness (QED) is 0.796. The molecule has 1 amide bonds. The molecule has 0 aliphatic rings. The van der Waals surface area contributed by atoms with Crippen molar-refractivity contribution in [1.82, 2.24) is 15.0 Å². The molecule has 23 heavy (non-hydrogen) atoms. The summed E-state index contributed by atoms with van der Waals surface area (Å²) in [5.74, 6) is -0.0911. The van der Waals surface area contributed by atoms with Gasteiger partial charge in [-0.25, -0.2) is 4.68 Å². The normalized spacial score (nSPS) is 10.5. The molecule has 0 radical (unpaired) electrons. The van der Waals surface area contributed by atoms with Crippen LogP contribution in [-0.4, -0.2) is 20.9 Å². The van der Waals surface area contributed by atoms with E-state index in [1.165, 1.54) is 6.92 Å². The van der Waals surface area contributed by atoms with Gasteiger partial charge >= 0.3 is 0 Å². The van der Waals surface area contributed by atoms with Crippen molar-refractivity contribution in [2.45, 2.75) is 13.5 Å². The number of hydrogen-bond donors (Lipinski definition) is 1. The Hall–Kier alpha value is -2.66. The lowest BCUT2D eigenvalue weighted by atomic mass is 10.1. The first-order chi connectivity index (χ1) is 11.1. The molecule has 5 nitrogen and oxygen atoms in total. The van der Waals surface area contributed by atoms with Crippen LogP contribution in [0.3, 0.4) is 0 Å². The Balaban J connectivity index is 1.73. The molecule has 0 saturated heterocycles. The van der Waals surface area contributed by atoms with Gasteiger partial charge < -0.3 is 5.32 Å². The number of amides is 1. The molecule has 1 heterocycles. The van der Waals surface area contributed by atoms with Gasteiger partial charge in [-0.15, -0.1) is 5.10 Å². The summed E-state index contributed by atoms with van der Waals surface area (Å²) in [6, 6.07) is 15.1. The van der Waals surface area contributed by atoms with Crippen LogP contribution in [0.15, 0.2) is 54.7 Å². The van der Waals surface area contributed by atoms with E-state index in [9.17, 15) is 4.79 Å². The standard InChI is InChI=1S/C17H15ClN4O/c1-12(23)19-16-8-4-14(5-9-16)17-11-22(21-20-17)10-13-2-6-15(18)7-3-13/h2-9,11H,10H2,1H3,(H,19,23).